The maximum absolute atomic E-state index is 13.6. The van der Waals surface area contributed by atoms with E-state index in [2.05, 4.69) is 4.74 Å². The Morgan fingerprint density at radius 3 is 2.27 bits per heavy atom. The summed E-state index contributed by atoms with van der Waals surface area (Å²) >= 11 is 0. The van der Waals surface area contributed by atoms with E-state index in [1.165, 1.54) is 25.3 Å². The van der Waals surface area contributed by atoms with Gasteiger partial charge in [-0.15, -0.1) is 0 Å². The van der Waals surface area contributed by atoms with Crippen LogP contribution in [0.5, 0.6) is 0 Å². The molecule has 0 aliphatic heterocycles. The number of ether oxygens (including phenoxy) is 1. The summed E-state index contributed by atoms with van der Waals surface area (Å²) in [6.45, 7) is 7.85. The van der Waals surface area contributed by atoms with E-state index in [9.17, 15) is 24.5 Å². The molecule has 6 nitrogen and oxygen atoms in total. The Morgan fingerprint density at radius 2 is 1.76 bits per heavy atom. The Kier molecular flexibility index (Phi) is 9.70. The first-order valence-electron chi connectivity index (χ1n) is 11.1. The van der Waals surface area contributed by atoms with Crippen LogP contribution >= 0.6 is 0 Å². The van der Waals surface area contributed by atoms with Gasteiger partial charge in [-0.2, -0.15) is 0 Å². The second-order valence-electron chi connectivity index (χ2n) is 8.72. The molecular weight excluding hydrogens is 425 g/mol. The highest BCUT2D eigenvalue weighted by Crippen LogP contribution is 2.36. The number of nitrogens with zero attached hydrogens (tertiary/aromatic N) is 1. The molecule has 2 atom stereocenters. The van der Waals surface area contributed by atoms with Crippen molar-refractivity contribution in [3.63, 3.8) is 0 Å². The number of carbonyl (C=O) groups is 1. The zero-order chi connectivity index (χ0) is 24.7. The Labute approximate surface area is 194 Å². The lowest BCUT2D eigenvalue weighted by atomic mass is 9.86. The average Bonchev–Trinajstić information content (AvgIpc) is 2.76. The number of aliphatic hydroxyl groups excluding tert-OH is 3. The van der Waals surface area contributed by atoms with Gasteiger partial charge in [-0.05, 0) is 41.7 Å². The fourth-order valence-electron chi connectivity index (χ4n) is 3.90. The predicted octanol–water partition coefficient (Wildman–Crippen LogP) is 4.32. The number of aromatic nitrogens is 1. The molecule has 0 radical (unpaired) electrons. The summed E-state index contributed by atoms with van der Waals surface area (Å²) in [4.78, 5) is 16.2. The summed E-state index contributed by atoms with van der Waals surface area (Å²) in [6, 6.07) is 6.04. The minimum atomic E-state index is -1.05. The van der Waals surface area contributed by atoms with Crippen molar-refractivity contribution in [2.24, 2.45) is 0 Å². The molecule has 7 heteroatoms. The van der Waals surface area contributed by atoms with Crippen molar-refractivity contribution in [2.45, 2.75) is 71.2 Å². The molecule has 2 rings (SSSR count). The Hall–Kier alpha value is -2.61. The van der Waals surface area contributed by atoms with Crippen molar-refractivity contribution in [1.82, 2.24) is 4.98 Å². The van der Waals surface area contributed by atoms with Crippen molar-refractivity contribution in [2.75, 3.05) is 7.11 Å². The number of benzene rings is 1. The van der Waals surface area contributed by atoms with E-state index in [4.69, 9.17) is 4.98 Å². The Morgan fingerprint density at radius 1 is 1.12 bits per heavy atom. The number of methoxy groups -OCH3 is 1. The summed E-state index contributed by atoms with van der Waals surface area (Å²) in [6.07, 6.45) is 0.935. The van der Waals surface area contributed by atoms with Crippen LogP contribution in [0.15, 0.2) is 30.3 Å². The van der Waals surface area contributed by atoms with Crippen LogP contribution in [-0.4, -0.2) is 45.6 Å². The fourth-order valence-corrected chi connectivity index (χ4v) is 3.90. The molecule has 0 spiro atoms. The van der Waals surface area contributed by atoms with Gasteiger partial charge in [-0.3, -0.25) is 9.78 Å². The molecule has 0 saturated heterocycles. The predicted molar refractivity (Wildman–Crippen MR) is 126 cm³/mol. The number of pyridine rings is 1. The van der Waals surface area contributed by atoms with E-state index in [1.54, 1.807) is 18.2 Å². The zero-order valence-electron chi connectivity index (χ0n) is 19.9. The smallest absolute Gasteiger partial charge is 0.308 e. The molecule has 0 bridgehead atoms. The molecule has 0 amide bonds. The number of aliphatic hydroxyl groups is 3. The normalized spacial score (nSPS) is 13.7. The quantitative estimate of drug-likeness (QED) is 0.458. The van der Waals surface area contributed by atoms with Crippen LogP contribution in [0.2, 0.25) is 0 Å². The van der Waals surface area contributed by atoms with Gasteiger partial charge in [-0.25, -0.2) is 4.39 Å². The lowest BCUT2D eigenvalue weighted by Gasteiger charge is -2.23. The monoisotopic (exact) mass is 459 g/mol. The van der Waals surface area contributed by atoms with Gasteiger partial charge in [0.15, 0.2) is 0 Å². The fraction of sp³-hybridized carbons (Fsp3) is 0.462. The molecule has 0 saturated carbocycles. The van der Waals surface area contributed by atoms with E-state index in [0.29, 0.717) is 16.8 Å². The summed E-state index contributed by atoms with van der Waals surface area (Å²) in [5.74, 6) is -0.819. The van der Waals surface area contributed by atoms with Crippen LogP contribution in [-0.2, 0) is 16.1 Å². The number of hydrogen-bond donors (Lipinski definition) is 3. The summed E-state index contributed by atoms with van der Waals surface area (Å²) in [7, 11) is 1.24. The minimum Gasteiger partial charge on any atom is -0.469 e. The maximum atomic E-state index is 13.6. The molecule has 33 heavy (non-hydrogen) atoms. The van der Waals surface area contributed by atoms with E-state index in [0.717, 1.165) is 16.8 Å². The summed E-state index contributed by atoms with van der Waals surface area (Å²) in [5.41, 5.74) is 4.46. The Balaban J connectivity index is 2.59. The van der Waals surface area contributed by atoms with E-state index >= 15 is 0 Å². The van der Waals surface area contributed by atoms with Gasteiger partial charge in [-0.1, -0.05) is 39.8 Å². The number of esters is 1. The Bertz CT molecular complexity index is 970. The number of carbonyl (C=O) groups excluding carboxylic acids is 1. The minimum absolute atomic E-state index is 0.0357. The van der Waals surface area contributed by atoms with Crippen LogP contribution in [0.3, 0.4) is 0 Å². The maximum Gasteiger partial charge on any atom is 0.308 e. The van der Waals surface area contributed by atoms with Crippen molar-refractivity contribution < 1.29 is 29.2 Å². The third-order valence-corrected chi connectivity index (χ3v) is 5.44. The largest absolute Gasteiger partial charge is 0.469 e. The highest BCUT2D eigenvalue weighted by molar-refractivity contribution is 5.76. The van der Waals surface area contributed by atoms with Crippen molar-refractivity contribution >= 4 is 12.0 Å². The molecule has 1 aromatic heterocycles. The van der Waals surface area contributed by atoms with Crippen molar-refractivity contribution in [3.8, 4) is 11.3 Å². The van der Waals surface area contributed by atoms with E-state index in [1.807, 2.05) is 27.7 Å². The molecule has 1 heterocycles. The molecular formula is C26H34FNO5. The number of halogens is 1. The number of hydrogen-bond acceptors (Lipinski definition) is 6. The van der Waals surface area contributed by atoms with Gasteiger partial charge in [0.25, 0.3) is 0 Å². The second-order valence-corrected chi connectivity index (χ2v) is 8.72. The van der Waals surface area contributed by atoms with Gasteiger partial charge < -0.3 is 20.1 Å². The first-order chi connectivity index (χ1) is 15.6. The van der Waals surface area contributed by atoms with Gasteiger partial charge in [0.05, 0.1) is 38.0 Å². The van der Waals surface area contributed by atoms with Crippen LogP contribution in [0.1, 0.15) is 74.8 Å². The highest BCUT2D eigenvalue weighted by Gasteiger charge is 2.23. The van der Waals surface area contributed by atoms with Crippen LogP contribution in [0.25, 0.3) is 17.3 Å². The average molecular weight is 460 g/mol. The van der Waals surface area contributed by atoms with Crippen molar-refractivity contribution in [3.05, 3.63) is 58.5 Å². The molecule has 0 aliphatic carbocycles. The molecule has 2 aromatic rings. The zero-order valence-corrected chi connectivity index (χ0v) is 19.9. The lowest BCUT2D eigenvalue weighted by Crippen LogP contribution is -2.20. The van der Waals surface area contributed by atoms with Gasteiger partial charge in [0.1, 0.15) is 5.82 Å². The van der Waals surface area contributed by atoms with Crippen LogP contribution in [0, 0.1) is 5.82 Å². The van der Waals surface area contributed by atoms with Gasteiger partial charge in [0, 0.05) is 28.8 Å². The lowest BCUT2D eigenvalue weighted by molar-refractivity contribution is -0.143. The molecule has 2 unspecified atom stereocenters. The molecule has 0 aliphatic rings. The SMILES string of the molecule is COC(=O)CC(O)CC(O)/C=C/c1c(-c2ccc(F)cc2)nc(C(C)C)c(CO)c1C(C)C. The van der Waals surface area contributed by atoms with Gasteiger partial charge in [0.2, 0.25) is 0 Å². The third-order valence-electron chi connectivity index (χ3n) is 5.44. The third kappa shape index (κ3) is 6.93. The van der Waals surface area contributed by atoms with Crippen LogP contribution in [0.4, 0.5) is 4.39 Å². The second kappa shape index (κ2) is 12.0. The van der Waals surface area contributed by atoms with Crippen LogP contribution < -0.4 is 0 Å². The topological polar surface area (TPSA) is 99.9 Å². The highest BCUT2D eigenvalue weighted by atomic mass is 19.1. The van der Waals surface area contributed by atoms with Gasteiger partial charge >= 0.3 is 5.97 Å². The first-order valence-corrected chi connectivity index (χ1v) is 11.1. The first kappa shape index (κ1) is 26.6. The molecule has 1 aromatic carbocycles. The van der Waals surface area contributed by atoms with E-state index in [-0.39, 0.29) is 37.1 Å². The van der Waals surface area contributed by atoms with Crippen molar-refractivity contribution in [1.29, 1.82) is 0 Å². The van der Waals surface area contributed by atoms with E-state index < -0.39 is 18.2 Å². The number of rotatable bonds is 10. The standard InChI is InChI=1S/C26H34FNO5/c1-15(2)24-21(11-10-19(30)12-20(31)13-23(32)33-5)26(17-6-8-18(27)9-7-17)28-25(16(3)4)22(24)14-29/h6-11,15-16,19-20,29-31H,12-14H2,1-5H3/b11-10+. The summed E-state index contributed by atoms with van der Waals surface area (Å²) in [5, 5.41) is 30.7. The molecule has 3 N–H and O–H groups in total. The summed E-state index contributed by atoms with van der Waals surface area (Å²) < 4.78 is 18.1. The molecule has 180 valence electrons. The molecule has 0 fully saturated rings.